The smallest absolute Gasteiger partial charge is 0.156 e. The Bertz CT molecular complexity index is 470. The summed E-state index contributed by atoms with van der Waals surface area (Å²) in [5.74, 6) is 1.48. The van der Waals surface area contributed by atoms with Crippen molar-refractivity contribution in [2.45, 2.75) is 46.1 Å². The van der Waals surface area contributed by atoms with Gasteiger partial charge >= 0.3 is 0 Å². The predicted molar refractivity (Wildman–Crippen MR) is 77.5 cm³/mol. The molecule has 1 fully saturated rings. The lowest BCUT2D eigenvalue weighted by atomic mass is 9.75. The van der Waals surface area contributed by atoms with Crippen LogP contribution in [0.1, 0.15) is 50.4 Å². The maximum absolute atomic E-state index is 13.6. The van der Waals surface area contributed by atoms with Gasteiger partial charge < -0.3 is 4.74 Å². The molecule has 3 heteroatoms. The average molecular weight is 278 g/mol. The molecule has 0 spiro atoms. The second-order valence-electron chi connectivity index (χ2n) is 6.25. The van der Waals surface area contributed by atoms with Crippen molar-refractivity contribution >= 4 is 6.29 Å². The first-order valence-electron chi connectivity index (χ1n) is 7.43. The van der Waals surface area contributed by atoms with Gasteiger partial charge in [0.05, 0.1) is 5.56 Å². The number of halogens is 1. The summed E-state index contributed by atoms with van der Waals surface area (Å²) in [7, 11) is 0. The lowest BCUT2D eigenvalue weighted by molar-refractivity contribution is 0.0452. The highest BCUT2D eigenvalue weighted by Gasteiger charge is 2.32. The van der Waals surface area contributed by atoms with Crippen LogP contribution in [0.3, 0.4) is 0 Å². The minimum atomic E-state index is -0.512. The average Bonchev–Trinajstić information content (AvgIpc) is 2.38. The van der Waals surface area contributed by atoms with Crippen LogP contribution in [0.4, 0.5) is 4.39 Å². The third kappa shape index (κ3) is 3.20. The molecule has 1 aliphatic rings. The maximum Gasteiger partial charge on any atom is 0.156 e. The van der Waals surface area contributed by atoms with Gasteiger partial charge in [-0.25, -0.2) is 4.39 Å². The van der Waals surface area contributed by atoms with Crippen molar-refractivity contribution < 1.29 is 13.9 Å². The first kappa shape index (κ1) is 15.0. The quantitative estimate of drug-likeness (QED) is 0.759. The van der Waals surface area contributed by atoms with Crippen molar-refractivity contribution in [3.05, 3.63) is 29.6 Å². The molecule has 0 aliphatic heterocycles. The maximum atomic E-state index is 13.6. The highest BCUT2D eigenvalue weighted by Crippen LogP contribution is 2.36. The van der Waals surface area contributed by atoms with Crippen molar-refractivity contribution in [1.82, 2.24) is 0 Å². The van der Waals surface area contributed by atoms with E-state index < -0.39 is 5.82 Å². The van der Waals surface area contributed by atoms with Crippen LogP contribution in [-0.2, 0) is 0 Å². The standard InChI is InChI=1S/C17H23FO2/c1-11(2)13-8-7-12(3)9-17(13)20-16-6-4-5-15(18)14(16)10-19/h4-6,10-13,17H,7-9H2,1-3H3. The third-order valence-electron chi connectivity index (χ3n) is 4.37. The fourth-order valence-corrected chi connectivity index (χ4v) is 3.15. The van der Waals surface area contributed by atoms with Gasteiger partial charge in [0, 0.05) is 0 Å². The van der Waals surface area contributed by atoms with Crippen LogP contribution in [0.2, 0.25) is 0 Å². The van der Waals surface area contributed by atoms with Crippen LogP contribution < -0.4 is 4.74 Å². The highest BCUT2D eigenvalue weighted by atomic mass is 19.1. The van der Waals surface area contributed by atoms with E-state index in [1.165, 1.54) is 12.5 Å². The monoisotopic (exact) mass is 278 g/mol. The van der Waals surface area contributed by atoms with Crippen LogP contribution >= 0.6 is 0 Å². The van der Waals surface area contributed by atoms with Gasteiger partial charge in [0.25, 0.3) is 0 Å². The molecule has 1 aromatic rings. The number of aldehydes is 1. The van der Waals surface area contributed by atoms with Gasteiger partial charge in [-0.15, -0.1) is 0 Å². The third-order valence-corrected chi connectivity index (χ3v) is 4.37. The molecule has 0 amide bonds. The number of carbonyl (C=O) groups is 1. The Balaban J connectivity index is 2.22. The molecule has 1 saturated carbocycles. The Labute approximate surface area is 120 Å². The van der Waals surface area contributed by atoms with Crippen molar-refractivity contribution in [3.8, 4) is 5.75 Å². The minimum Gasteiger partial charge on any atom is -0.489 e. The zero-order valence-corrected chi connectivity index (χ0v) is 12.4. The first-order valence-corrected chi connectivity index (χ1v) is 7.43. The molecule has 20 heavy (non-hydrogen) atoms. The molecule has 0 aromatic heterocycles. The van der Waals surface area contributed by atoms with E-state index in [4.69, 9.17) is 4.74 Å². The molecule has 0 heterocycles. The van der Waals surface area contributed by atoms with Crippen molar-refractivity contribution in [1.29, 1.82) is 0 Å². The Morgan fingerprint density at radius 1 is 1.35 bits per heavy atom. The molecule has 2 rings (SSSR count). The first-order chi connectivity index (χ1) is 9.52. The molecule has 0 bridgehead atoms. The zero-order chi connectivity index (χ0) is 14.7. The van der Waals surface area contributed by atoms with E-state index in [9.17, 15) is 9.18 Å². The summed E-state index contributed by atoms with van der Waals surface area (Å²) in [4.78, 5) is 11.0. The van der Waals surface area contributed by atoms with Crippen LogP contribution in [0.5, 0.6) is 5.75 Å². The molecule has 1 aliphatic carbocycles. The Morgan fingerprint density at radius 2 is 2.10 bits per heavy atom. The molecule has 3 atom stereocenters. The van der Waals surface area contributed by atoms with E-state index >= 15 is 0 Å². The van der Waals surface area contributed by atoms with Gasteiger partial charge in [0.15, 0.2) is 6.29 Å². The summed E-state index contributed by atoms with van der Waals surface area (Å²) in [6, 6.07) is 4.57. The lowest BCUT2D eigenvalue weighted by Gasteiger charge is -2.37. The highest BCUT2D eigenvalue weighted by molar-refractivity contribution is 5.79. The Morgan fingerprint density at radius 3 is 2.75 bits per heavy atom. The molecule has 1 aromatic carbocycles. The second-order valence-corrected chi connectivity index (χ2v) is 6.25. The van der Waals surface area contributed by atoms with Gasteiger partial charge in [-0.05, 0) is 42.7 Å². The fraction of sp³-hybridized carbons (Fsp3) is 0.588. The van der Waals surface area contributed by atoms with E-state index in [2.05, 4.69) is 20.8 Å². The van der Waals surface area contributed by atoms with Crippen molar-refractivity contribution in [2.24, 2.45) is 17.8 Å². The fourth-order valence-electron chi connectivity index (χ4n) is 3.15. The van der Waals surface area contributed by atoms with Gasteiger partial charge in [0.2, 0.25) is 0 Å². The van der Waals surface area contributed by atoms with Gasteiger partial charge in [-0.1, -0.05) is 33.3 Å². The number of rotatable bonds is 4. The summed E-state index contributed by atoms with van der Waals surface area (Å²) in [5.41, 5.74) is 0.0354. The number of benzene rings is 1. The normalized spacial score (nSPS) is 26.6. The van der Waals surface area contributed by atoms with E-state index in [0.29, 0.717) is 29.8 Å². The summed E-state index contributed by atoms with van der Waals surface area (Å²) < 4.78 is 19.7. The Kier molecular flexibility index (Phi) is 4.79. The largest absolute Gasteiger partial charge is 0.489 e. The SMILES string of the molecule is CC1CCC(C(C)C)C(Oc2cccc(F)c2C=O)C1. The molecular weight excluding hydrogens is 255 g/mol. The number of hydrogen-bond acceptors (Lipinski definition) is 2. The van der Waals surface area contributed by atoms with E-state index in [0.717, 1.165) is 12.8 Å². The predicted octanol–water partition coefficient (Wildman–Crippen LogP) is 4.48. The molecule has 0 radical (unpaired) electrons. The number of carbonyl (C=O) groups excluding carboxylic acids is 1. The van der Waals surface area contributed by atoms with E-state index in [1.54, 1.807) is 12.1 Å². The van der Waals surface area contributed by atoms with Crippen LogP contribution in [0, 0.1) is 23.6 Å². The molecule has 0 N–H and O–H groups in total. The van der Waals surface area contributed by atoms with Gasteiger partial charge in [0.1, 0.15) is 17.7 Å². The molecule has 0 saturated heterocycles. The number of ether oxygens (including phenoxy) is 1. The van der Waals surface area contributed by atoms with Crippen LogP contribution in [0.15, 0.2) is 18.2 Å². The van der Waals surface area contributed by atoms with Crippen molar-refractivity contribution in [2.75, 3.05) is 0 Å². The van der Waals surface area contributed by atoms with E-state index in [-0.39, 0.29) is 11.7 Å². The zero-order valence-electron chi connectivity index (χ0n) is 12.4. The number of hydrogen-bond donors (Lipinski definition) is 0. The summed E-state index contributed by atoms with van der Waals surface area (Å²) in [5, 5.41) is 0. The summed E-state index contributed by atoms with van der Waals surface area (Å²) in [6.07, 6.45) is 3.93. The molecular formula is C17H23FO2. The summed E-state index contributed by atoms with van der Waals surface area (Å²) in [6.45, 7) is 6.62. The van der Waals surface area contributed by atoms with Gasteiger partial charge in [-0.3, -0.25) is 4.79 Å². The van der Waals surface area contributed by atoms with Gasteiger partial charge in [-0.2, -0.15) is 0 Å². The van der Waals surface area contributed by atoms with Crippen molar-refractivity contribution in [3.63, 3.8) is 0 Å². The molecule has 110 valence electrons. The second kappa shape index (κ2) is 6.38. The molecule has 2 nitrogen and oxygen atoms in total. The van der Waals surface area contributed by atoms with Crippen LogP contribution in [-0.4, -0.2) is 12.4 Å². The molecule has 3 unspecified atom stereocenters. The van der Waals surface area contributed by atoms with Crippen LogP contribution in [0.25, 0.3) is 0 Å². The minimum absolute atomic E-state index is 0.0354. The topological polar surface area (TPSA) is 26.3 Å². The lowest BCUT2D eigenvalue weighted by Crippen LogP contribution is -2.36. The summed E-state index contributed by atoms with van der Waals surface area (Å²) >= 11 is 0. The Hall–Kier alpha value is -1.38. The van der Waals surface area contributed by atoms with E-state index in [1.807, 2.05) is 0 Å².